The molecule has 0 radical (unpaired) electrons. The van der Waals surface area contributed by atoms with Crippen molar-refractivity contribution in [3.63, 3.8) is 0 Å². The molecule has 3 rings (SSSR count). The van der Waals surface area contributed by atoms with Crippen LogP contribution in [0.1, 0.15) is 5.56 Å². The lowest BCUT2D eigenvalue weighted by atomic mass is 10.2. The molecule has 4 nitrogen and oxygen atoms in total. The lowest BCUT2D eigenvalue weighted by molar-refractivity contribution is 0.677. The molecule has 3 aromatic rings. The molecule has 0 amide bonds. The number of H-pyrrole nitrogens is 1. The molecule has 0 aliphatic carbocycles. The standard InChI is InChI=1S/C14H12ClN3OS/c15-10-3-1-2-9(6-10)8-20(19)14-17-12-5-4-11(16)7-13(12)18-14/h1-7H,8,16H2,(H,17,18). The molecule has 1 atom stereocenters. The molecule has 20 heavy (non-hydrogen) atoms. The summed E-state index contributed by atoms with van der Waals surface area (Å²) in [5, 5.41) is 1.09. The van der Waals surface area contributed by atoms with E-state index in [-0.39, 0.29) is 0 Å². The van der Waals surface area contributed by atoms with Crippen molar-refractivity contribution < 1.29 is 4.21 Å². The molecule has 0 aliphatic rings. The van der Waals surface area contributed by atoms with Crippen LogP contribution >= 0.6 is 11.6 Å². The highest BCUT2D eigenvalue weighted by Crippen LogP contribution is 2.19. The smallest absolute Gasteiger partial charge is 0.197 e. The topological polar surface area (TPSA) is 71.8 Å². The van der Waals surface area contributed by atoms with Crippen LogP contribution in [0.4, 0.5) is 5.69 Å². The Morgan fingerprint density at radius 1 is 1.25 bits per heavy atom. The van der Waals surface area contributed by atoms with Gasteiger partial charge in [0.2, 0.25) is 0 Å². The van der Waals surface area contributed by atoms with E-state index in [1.54, 1.807) is 30.3 Å². The molecule has 0 saturated carbocycles. The predicted molar refractivity (Wildman–Crippen MR) is 82.1 cm³/mol. The minimum atomic E-state index is -1.25. The van der Waals surface area contributed by atoms with Gasteiger partial charge in [-0.1, -0.05) is 23.7 Å². The number of benzene rings is 2. The van der Waals surface area contributed by atoms with Gasteiger partial charge in [0.15, 0.2) is 5.16 Å². The molecular formula is C14H12ClN3OS. The number of nitrogens with one attached hydrogen (secondary N) is 1. The van der Waals surface area contributed by atoms with Crippen LogP contribution in [-0.2, 0) is 16.6 Å². The molecule has 1 aromatic heterocycles. The third-order valence-corrected chi connectivity index (χ3v) is 4.34. The molecule has 3 N–H and O–H groups in total. The van der Waals surface area contributed by atoms with E-state index < -0.39 is 10.8 Å². The number of nitrogen functional groups attached to an aromatic ring is 1. The van der Waals surface area contributed by atoms with Crippen molar-refractivity contribution in [3.8, 4) is 0 Å². The summed E-state index contributed by atoms with van der Waals surface area (Å²) in [5.74, 6) is 0.371. The van der Waals surface area contributed by atoms with Crippen LogP contribution in [0.25, 0.3) is 11.0 Å². The summed E-state index contributed by atoms with van der Waals surface area (Å²) in [6, 6.07) is 12.7. The van der Waals surface area contributed by atoms with Gasteiger partial charge in [-0.3, -0.25) is 4.21 Å². The predicted octanol–water partition coefficient (Wildman–Crippen LogP) is 3.11. The van der Waals surface area contributed by atoms with Gasteiger partial charge in [-0.15, -0.1) is 0 Å². The number of imidazole rings is 1. The third kappa shape index (κ3) is 2.69. The van der Waals surface area contributed by atoms with Crippen LogP contribution in [0, 0.1) is 0 Å². The van der Waals surface area contributed by atoms with Gasteiger partial charge in [-0.2, -0.15) is 0 Å². The Kier molecular flexibility index (Phi) is 3.46. The van der Waals surface area contributed by atoms with Crippen molar-refractivity contribution in [1.29, 1.82) is 0 Å². The number of anilines is 1. The average Bonchev–Trinajstić information content (AvgIpc) is 2.81. The summed E-state index contributed by atoms with van der Waals surface area (Å²) >= 11 is 5.92. The molecule has 0 saturated heterocycles. The average molecular weight is 306 g/mol. The summed E-state index contributed by atoms with van der Waals surface area (Å²) in [4.78, 5) is 7.37. The highest BCUT2D eigenvalue weighted by molar-refractivity contribution is 7.84. The van der Waals surface area contributed by atoms with Crippen molar-refractivity contribution in [2.75, 3.05) is 5.73 Å². The van der Waals surface area contributed by atoms with Gasteiger partial charge in [0.25, 0.3) is 0 Å². The first kappa shape index (κ1) is 13.1. The van der Waals surface area contributed by atoms with E-state index in [1.807, 2.05) is 12.1 Å². The van der Waals surface area contributed by atoms with Crippen LogP contribution < -0.4 is 5.73 Å². The van der Waals surface area contributed by atoms with Gasteiger partial charge in [-0.25, -0.2) is 4.98 Å². The highest BCUT2D eigenvalue weighted by atomic mass is 35.5. The van der Waals surface area contributed by atoms with Gasteiger partial charge >= 0.3 is 0 Å². The molecular weight excluding hydrogens is 294 g/mol. The number of fused-ring (bicyclic) bond motifs is 1. The summed E-state index contributed by atoms with van der Waals surface area (Å²) in [7, 11) is -1.25. The SMILES string of the molecule is Nc1ccc2nc(S(=O)Cc3cccc(Cl)c3)[nH]c2c1. The largest absolute Gasteiger partial charge is 0.399 e. The molecule has 1 heterocycles. The molecule has 0 bridgehead atoms. The van der Waals surface area contributed by atoms with Gasteiger partial charge < -0.3 is 10.7 Å². The van der Waals surface area contributed by atoms with Gasteiger partial charge in [0, 0.05) is 10.7 Å². The Morgan fingerprint density at radius 2 is 2.10 bits per heavy atom. The Hall–Kier alpha value is -1.85. The van der Waals surface area contributed by atoms with E-state index in [0.717, 1.165) is 16.6 Å². The quantitative estimate of drug-likeness (QED) is 0.730. The van der Waals surface area contributed by atoms with E-state index >= 15 is 0 Å². The van der Waals surface area contributed by atoms with E-state index in [1.165, 1.54) is 0 Å². The van der Waals surface area contributed by atoms with Crippen LogP contribution in [-0.4, -0.2) is 14.2 Å². The zero-order chi connectivity index (χ0) is 14.1. The Bertz CT molecular complexity index is 800. The Morgan fingerprint density at radius 3 is 2.90 bits per heavy atom. The number of hydrogen-bond donors (Lipinski definition) is 2. The normalized spacial score (nSPS) is 12.7. The van der Waals surface area contributed by atoms with Crippen molar-refractivity contribution in [1.82, 2.24) is 9.97 Å². The summed E-state index contributed by atoms with van der Waals surface area (Å²) < 4.78 is 12.3. The summed E-state index contributed by atoms with van der Waals surface area (Å²) in [6.07, 6.45) is 0. The van der Waals surface area contributed by atoms with Crippen LogP contribution in [0.15, 0.2) is 47.6 Å². The zero-order valence-electron chi connectivity index (χ0n) is 10.5. The Balaban J connectivity index is 1.88. The first-order valence-corrected chi connectivity index (χ1v) is 7.69. The molecule has 1 unspecified atom stereocenters. The second-order valence-electron chi connectivity index (χ2n) is 4.44. The number of rotatable bonds is 3. The first-order valence-electron chi connectivity index (χ1n) is 6.00. The van der Waals surface area contributed by atoms with Gasteiger partial charge in [0.1, 0.15) is 0 Å². The fourth-order valence-corrected chi connectivity index (χ4v) is 3.21. The fourth-order valence-electron chi connectivity index (χ4n) is 1.96. The van der Waals surface area contributed by atoms with E-state index in [9.17, 15) is 4.21 Å². The summed E-state index contributed by atoms with van der Waals surface area (Å²) in [6.45, 7) is 0. The van der Waals surface area contributed by atoms with Gasteiger partial charge in [0.05, 0.1) is 27.6 Å². The van der Waals surface area contributed by atoms with Gasteiger partial charge in [-0.05, 0) is 35.9 Å². The zero-order valence-corrected chi connectivity index (χ0v) is 12.0. The van der Waals surface area contributed by atoms with Crippen molar-refractivity contribution in [2.24, 2.45) is 0 Å². The van der Waals surface area contributed by atoms with Crippen LogP contribution in [0.5, 0.6) is 0 Å². The molecule has 0 spiro atoms. The van der Waals surface area contributed by atoms with Crippen molar-refractivity contribution in [3.05, 3.63) is 53.1 Å². The van der Waals surface area contributed by atoms with Crippen LogP contribution in [0.3, 0.4) is 0 Å². The third-order valence-electron chi connectivity index (χ3n) is 2.89. The van der Waals surface area contributed by atoms with E-state index in [0.29, 0.717) is 21.6 Å². The number of nitrogens with two attached hydrogens (primary N) is 1. The number of aromatic amines is 1. The lowest BCUT2D eigenvalue weighted by Crippen LogP contribution is -1.98. The summed E-state index contributed by atoms with van der Waals surface area (Å²) in [5.41, 5.74) is 8.82. The maximum absolute atomic E-state index is 12.3. The van der Waals surface area contributed by atoms with E-state index in [2.05, 4.69) is 9.97 Å². The maximum atomic E-state index is 12.3. The number of hydrogen-bond acceptors (Lipinski definition) is 3. The second-order valence-corrected chi connectivity index (χ2v) is 6.24. The fraction of sp³-hybridized carbons (Fsp3) is 0.0714. The van der Waals surface area contributed by atoms with Crippen LogP contribution in [0.2, 0.25) is 5.02 Å². The molecule has 2 aromatic carbocycles. The van der Waals surface area contributed by atoms with Crippen molar-refractivity contribution in [2.45, 2.75) is 10.9 Å². The molecule has 6 heteroatoms. The Labute approximate surface area is 123 Å². The minimum absolute atomic E-state index is 0.371. The molecule has 0 aliphatic heterocycles. The van der Waals surface area contributed by atoms with Crippen molar-refractivity contribution >= 4 is 39.1 Å². The molecule has 102 valence electrons. The lowest BCUT2D eigenvalue weighted by Gasteiger charge is -2.00. The minimum Gasteiger partial charge on any atom is -0.399 e. The molecule has 0 fully saturated rings. The monoisotopic (exact) mass is 305 g/mol. The highest BCUT2D eigenvalue weighted by Gasteiger charge is 2.11. The maximum Gasteiger partial charge on any atom is 0.197 e. The first-order chi connectivity index (χ1) is 9.61. The second kappa shape index (κ2) is 5.26. The number of nitrogens with zero attached hydrogens (tertiary/aromatic N) is 1. The van der Waals surface area contributed by atoms with E-state index in [4.69, 9.17) is 17.3 Å². The number of halogens is 1. The number of aromatic nitrogens is 2.